The lowest BCUT2D eigenvalue weighted by Gasteiger charge is -2.53. The standard InChI is InChI=1S/C14H16FNO3/c15-11-7-10(13(17)18)1-2-12(11)16-8-14(9-16)3-5-19-6-4-14/h1-2,7H,3-6,8-9H2,(H,17,18). The van der Waals surface area contributed by atoms with Crippen molar-refractivity contribution in [1.29, 1.82) is 0 Å². The van der Waals surface area contributed by atoms with Crippen molar-refractivity contribution in [3.8, 4) is 0 Å². The molecule has 0 aromatic heterocycles. The Kier molecular flexibility index (Phi) is 2.93. The highest BCUT2D eigenvalue weighted by molar-refractivity contribution is 5.88. The zero-order valence-corrected chi connectivity index (χ0v) is 10.6. The van der Waals surface area contributed by atoms with Crippen molar-refractivity contribution >= 4 is 11.7 Å². The minimum Gasteiger partial charge on any atom is -0.478 e. The van der Waals surface area contributed by atoms with Crippen LogP contribution < -0.4 is 4.90 Å². The summed E-state index contributed by atoms with van der Waals surface area (Å²) in [5.41, 5.74) is 0.764. The zero-order valence-electron chi connectivity index (χ0n) is 10.6. The summed E-state index contributed by atoms with van der Waals surface area (Å²) in [7, 11) is 0. The van der Waals surface area contributed by atoms with E-state index < -0.39 is 11.8 Å². The van der Waals surface area contributed by atoms with Crippen LogP contribution in [0.2, 0.25) is 0 Å². The van der Waals surface area contributed by atoms with E-state index in [0.29, 0.717) is 5.69 Å². The molecule has 19 heavy (non-hydrogen) atoms. The number of aromatic carboxylic acids is 1. The van der Waals surface area contributed by atoms with Crippen molar-refractivity contribution in [2.24, 2.45) is 5.41 Å². The quantitative estimate of drug-likeness (QED) is 0.890. The van der Waals surface area contributed by atoms with Crippen LogP contribution in [-0.2, 0) is 4.74 Å². The van der Waals surface area contributed by atoms with E-state index in [-0.39, 0.29) is 11.0 Å². The Bertz CT molecular complexity index is 503. The molecule has 2 fully saturated rings. The Balaban J connectivity index is 1.73. The van der Waals surface area contributed by atoms with Crippen LogP contribution in [0.5, 0.6) is 0 Å². The molecule has 1 aromatic rings. The van der Waals surface area contributed by atoms with Gasteiger partial charge in [0, 0.05) is 31.7 Å². The molecule has 1 N–H and O–H groups in total. The van der Waals surface area contributed by atoms with Gasteiger partial charge in [-0.1, -0.05) is 0 Å². The summed E-state index contributed by atoms with van der Waals surface area (Å²) < 4.78 is 19.3. The molecule has 2 saturated heterocycles. The van der Waals surface area contributed by atoms with Crippen LogP contribution in [0.3, 0.4) is 0 Å². The number of hydrogen-bond acceptors (Lipinski definition) is 3. The average Bonchev–Trinajstić information content (AvgIpc) is 2.37. The maximum absolute atomic E-state index is 13.9. The van der Waals surface area contributed by atoms with E-state index >= 15 is 0 Å². The largest absolute Gasteiger partial charge is 0.478 e. The van der Waals surface area contributed by atoms with E-state index in [1.165, 1.54) is 6.07 Å². The molecule has 0 saturated carbocycles. The molecule has 2 heterocycles. The van der Waals surface area contributed by atoms with Gasteiger partial charge in [-0.25, -0.2) is 9.18 Å². The predicted octanol–water partition coefficient (Wildman–Crippen LogP) is 2.14. The third-order valence-electron chi connectivity index (χ3n) is 4.14. The van der Waals surface area contributed by atoms with E-state index in [1.807, 2.05) is 4.90 Å². The summed E-state index contributed by atoms with van der Waals surface area (Å²) in [5, 5.41) is 8.81. The number of halogens is 1. The van der Waals surface area contributed by atoms with Gasteiger partial charge in [-0.05, 0) is 31.0 Å². The number of benzene rings is 1. The van der Waals surface area contributed by atoms with Gasteiger partial charge in [0.25, 0.3) is 0 Å². The number of ether oxygens (including phenoxy) is 1. The van der Waals surface area contributed by atoms with Gasteiger partial charge in [0.1, 0.15) is 5.82 Å². The maximum atomic E-state index is 13.9. The molecule has 0 unspecified atom stereocenters. The smallest absolute Gasteiger partial charge is 0.335 e. The summed E-state index contributed by atoms with van der Waals surface area (Å²) in [6.07, 6.45) is 2.05. The Hall–Kier alpha value is -1.62. The fourth-order valence-corrected chi connectivity index (χ4v) is 2.95. The van der Waals surface area contributed by atoms with Crippen LogP contribution in [0.15, 0.2) is 18.2 Å². The highest BCUT2D eigenvalue weighted by atomic mass is 19.1. The SMILES string of the molecule is O=C(O)c1ccc(N2CC3(CCOCC3)C2)c(F)c1. The number of rotatable bonds is 2. The van der Waals surface area contributed by atoms with Gasteiger partial charge in [0.15, 0.2) is 0 Å². The van der Waals surface area contributed by atoms with E-state index in [0.717, 1.165) is 45.2 Å². The molecular weight excluding hydrogens is 249 g/mol. The maximum Gasteiger partial charge on any atom is 0.335 e. The molecule has 2 aliphatic rings. The molecular formula is C14H16FNO3. The molecule has 4 nitrogen and oxygen atoms in total. The highest BCUT2D eigenvalue weighted by Crippen LogP contribution is 2.42. The molecule has 2 aliphatic heterocycles. The summed E-state index contributed by atoms with van der Waals surface area (Å²) in [6, 6.07) is 4.10. The van der Waals surface area contributed by atoms with Crippen molar-refractivity contribution in [2.75, 3.05) is 31.2 Å². The lowest BCUT2D eigenvalue weighted by Crippen LogP contribution is -2.58. The molecule has 1 spiro atoms. The van der Waals surface area contributed by atoms with Gasteiger partial charge in [-0.3, -0.25) is 0 Å². The van der Waals surface area contributed by atoms with Gasteiger partial charge < -0.3 is 14.7 Å². The summed E-state index contributed by atoms with van der Waals surface area (Å²) in [4.78, 5) is 12.7. The fourth-order valence-electron chi connectivity index (χ4n) is 2.95. The molecule has 3 rings (SSSR count). The minimum absolute atomic E-state index is 0.0115. The monoisotopic (exact) mass is 265 g/mol. The second-order valence-corrected chi connectivity index (χ2v) is 5.44. The fraction of sp³-hybridized carbons (Fsp3) is 0.500. The zero-order chi connectivity index (χ0) is 13.5. The van der Waals surface area contributed by atoms with Crippen LogP contribution >= 0.6 is 0 Å². The van der Waals surface area contributed by atoms with Crippen molar-refractivity contribution in [2.45, 2.75) is 12.8 Å². The van der Waals surface area contributed by atoms with Crippen molar-refractivity contribution in [1.82, 2.24) is 0 Å². The first-order chi connectivity index (χ1) is 9.10. The molecule has 0 radical (unpaired) electrons. The lowest BCUT2D eigenvalue weighted by atomic mass is 9.73. The van der Waals surface area contributed by atoms with E-state index in [9.17, 15) is 9.18 Å². The number of anilines is 1. The Morgan fingerprint density at radius 1 is 1.32 bits per heavy atom. The summed E-state index contributed by atoms with van der Waals surface area (Å²) >= 11 is 0. The van der Waals surface area contributed by atoms with Crippen molar-refractivity contribution < 1.29 is 19.0 Å². The first kappa shape index (κ1) is 12.4. The second-order valence-electron chi connectivity index (χ2n) is 5.44. The van der Waals surface area contributed by atoms with Gasteiger partial charge in [0.05, 0.1) is 11.3 Å². The number of carboxylic acids is 1. The molecule has 0 atom stereocenters. The molecule has 0 aliphatic carbocycles. The molecule has 0 amide bonds. The molecule has 1 aromatic carbocycles. The molecule has 5 heteroatoms. The van der Waals surface area contributed by atoms with Crippen LogP contribution in [0, 0.1) is 11.2 Å². The van der Waals surface area contributed by atoms with Gasteiger partial charge in [0.2, 0.25) is 0 Å². The Morgan fingerprint density at radius 2 is 2.00 bits per heavy atom. The van der Waals surface area contributed by atoms with E-state index in [2.05, 4.69) is 0 Å². The number of hydrogen-bond donors (Lipinski definition) is 1. The van der Waals surface area contributed by atoms with Crippen LogP contribution in [0.1, 0.15) is 23.2 Å². The lowest BCUT2D eigenvalue weighted by molar-refractivity contribution is -0.000396. The first-order valence-corrected chi connectivity index (χ1v) is 6.45. The predicted molar refractivity (Wildman–Crippen MR) is 68.1 cm³/mol. The van der Waals surface area contributed by atoms with Crippen LogP contribution in [0.4, 0.5) is 10.1 Å². The Labute approximate surface area is 110 Å². The summed E-state index contributed by atoms with van der Waals surface area (Å²) in [5.74, 6) is -1.56. The Morgan fingerprint density at radius 3 is 2.58 bits per heavy atom. The van der Waals surface area contributed by atoms with E-state index in [1.54, 1.807) is 6.07 Å². The summed E-state index contributed by atoms with van der Waals surface area (Å²) in [6.45, 7) is 3.24. The highest BCUT2D eigenvalue weighted by Gasteiger charge is 2.44. The molecule has 102 valence electrons. The van der Waals surface area contributed by atoms with Crippen LogP contribution in [0.25, 0.3) is 0 Å². The van der Waals surface area contributed by atoms with Crippen LogP contribution in [-0.4, -0.2) is 37.4 Å². The first-order valence-electron chi connectivity index (χ1n) is 6.45. The molecule has 0 bridgehead atoms. The van der Waals surface area contributed by atoms with Gasteiger partial charge in [-0.15, -0.1) is 0 Å². The normalized spacial score (nSPS) is 21.2. The van der Waals surface area contributed by atoms with Crippen molar-refractivity contribution in [3.63, 3.8) is 0 Å². The van der Waals surface area contributed by atoms with Gasteiger partial charge in [-0.2, -0.15) is 0 Å². The third kappa shape index (κ3) is 2.18. The van der Waals surface area contributed by atoms with E-state index in [4.69, 9.17) is 9.84 Å². The second kappa shape index (κ2) is 4.49. The minimum atomic E-state index is -1.10. The topological polar surface area (TPSA) is 49.8 Å². The average molecular weight is 265 g/mol. The van der Waals surface area contributed by atoms with Crippen molar-refractivity contribution in [3.05, 3.63) is 29.6 Å². The third-order valence-corrected chi connectivity index (χ3v) is 4.14. The van der Waals surface area contributed by atoms with Gasteiger partial charge >= 0.3 is 5.97 Å². The number of carboxylic acid groups (broad SMARTS) is 1. The number of carbonyl (C=O) groups is 1. The number of nitrogens with zero attached hydrogens (tertiary/aromatic N) is 1.